The molecule has 1 fully saturated rings. The molecule has 4 nitrogen and oxygen atoms in total. The Hall–Kier alpha value is -1.62. The third-order valence-corrected chi connectivity index (χ3v) is 3.62. The first-order valence-corrected chi connectivity index (χ1v) is 6.58. The lowest BCUT2D eigenvalue weighted by Gasteiger charge is -2.32. The van der Waals surface area contributed by atoms with Gasteiger partial charge in [0.2, 0.25) is 5.91 Å². The number of halogens is 1. The molecule has 2 rings (SSSR count). The molecule has 1 atom stereocenters. The van der Waals surface area contributed by atoms with Crippen molar-refractivity contribution >= 4 is 11.6 Å². The number of likely N-dealkylation sites (tertiary alicyclic amines) is 1. The van der Waals surface area contributed by atoms with E-state index in [4.69, 9.17) is 5.73 Å². The second-order valence-electron chi connectivity index (χ2n) is 5.03. The van der Waals surface area contributed by atoms with Crippen LogP contribution in [-0.2, 0) is 11.3 Å². The van der Waals surface area contributed by atoms with Crippen LogP contribution in [-0.4, -0.2) is 30.9 Å². The van der Waals surface area contributed by atoms with E-state index in [1.807, 2.05) is 0 Å². The highest BCUT2D eigenvalue weighted by Crippen LogP contribution is 2.21. The lowest BCUT2D eigenvalue weighted by molar-refractivity contribution is -0.126. The molecule has 5 heteroatoms. The SMILES string of the molecule is CNC(=O)C1CCCN(Cc2ccc(F)cc2N)C1. The van der Waals surface area contributed by atoms with Gasteiger partial charge >= 0.3 is 0 Å². The van der Waals surface area contributed by atoms with Gasteiger partial charge in [-0.15, -0.1) is 0 Å². The van der Waals surface area contributed by atoms with E-state index in [-0.39, 0.29) is 17.6 Å². The summed E-state index contributed by atoms with van der Waals surface area (Å²) in [5.41, 5.74) is 7.20. The second-order valence-corrected chi connectivity index (χ2v) is 5.03. The molecule has 1 amide bonds. The molecule has 19 heavy (non-hydrogen) atoms. The minimum Gasteiger partial charge on any atom is -0.398 e. The number of benzene rings is 1. The molecule has 1 unspecified atom stereocenters. The van der Waals surface area contributed by atoms with E-state index in [2.05, 4.69) is 10.2 Å². The number of hydrogen-bond donors (Lipinski definition) is 2. The van der Waals surface area contributed by atoms with Crippen molar-refractivity contribution in [1.29, 1.82) is 0 Å². The Morgan fingerprint density at radius 2 is 2.37 bits per heavy atom. The van der Waals surface area contributed by atoms with Gasteiger partial charge in [0, 0.05) is 25.8 Å². The number of carbonyl (C=O) groups is 1. The summed E-state index contributed by atoms with van der Waals surface area (Å²) in [7, 11) is 1.67. The van der Waals surface area contributed by atoms with Gasteiger partial charge in [-0.3, -0.25) is 9.69 Å². The molecule has 0 aromatic heterocycles. The topological polar surface area (TPSA) is 58.4 Å². The minimum absolute atomic E-state index is 0.0421. The number of rotatable bonds is 3. The second kappa shape index (κ2) is 6.02. The molecule has 1 heterocycles. The summed E-state index contributed by atoms with van der Waals surface area (Å²) in [6.45, 7) is 2.35. The van der Waals surface area contributed by atoms with E-state index < -0.39 is 0 Å². The fourth-order valence-electron chi connectivity index (χ4n) is 2.57. The molecule has 104 valence electrons. The third kappa shape index (κ3) is 3.44. The Labute approximate surface area is 112 Å². The monoisotopic (exact) mass is 265 g/mol. The number of nitrogen functional groups attached to an aromatic ring is 1. The third-order valence-electron chi connectivity index (χ3n) is 3.62. The minimum atomic E-state index is -0.317. The van der Waals surface area contributed by atoms with Crippen molar-refractivity contribution in [3.8, 4) is 0 Å². The Balaban J connectivity index is 2.00. The zero-order chi connectivity index (χ0) is 13.8. The molecular weight excluding hydrogens is 245 g/mol. The summed E-state index contributed by atoms with van der Waals surface area (Å²) in [5.74, 6) is -0.180. The largest absolute Gasteiger partial charge is 0.398 e. The lowest BCUT2D eigenvalue weighted by atomic mass is 9.96. The van der Waals surface area contributed by atoms with Gasteiger partial charge in [0.15, 0.2) is 0 Å². The van der Waals surface area contributed by atoms with Gasteiger partial charge in [0.1, 0.15) is 5.82 Å². The van der Waals surface area contributed by atoms with Crippen LogP contribution in [0.1, 0.15) is 18.4 Å². The van der Waals surface area contributed by atoms with Crippen molar-refractivity contribution in [3.05, 3.63) is 29.6 Å². The van der Waals surface area contributed by atoms with E-state index in [1.165, 1.54) is 12.1 Å². The van der Waals surface area contributed by atoms with Crippen molar-refractivity contribution < 1.29 is 9.18 Å². The van der Waals surface area contributed by atoms with Gasteiger partial charge in [-0.05, 0) is 37.1 Å². The predicted molar refractivity (Wildman–Crippen MR) is 72.9 cm³/mol. The molecule has 1 aromatic rings. The van der Waals surface area contributed by atoms with Crippen LogP contribution in [0, 0.1) is 11.7 Å². The maximum absolute atomic E-state index is 13.0. The van der Waals surface area contributed by atoms with Gasteiger partial charge in [0.05, 0.1) is 5.92 Å². The molecule has 3 N–H and O–H groups in total. The van der Waals surface area contributed by atoms with E-state index in [1.54, 1.807) is 13.1 Å². The average molecular weight is 265 g/mol. The number of hydrogen-bond acceptors (Lipinski definition) is 3. The van der Waals surface area contributed by atoms with Gasteiger partial charge < -0.3 is 11.1 Å². The average Bonchev–Trinajstić information content (AvgIpc) is 2.41. The van der Waals surface area contributed by atoms with E-state index in [0.29, 0.717) is 12.2 Å². The van der Waals surface area contributed by atoms with Crippen LogP contribution in [0.4, 0.5) is 10.1 Å². The van der Waals surface area contributed by atoms with Crippen LogP contribution in [0.3, 0.4) is 0 Å². The van der Waals surface area contributed by atoms with Gasteiger partial charge in [-0.2, -0.15) is 0 Å². The lowest BCUT2D eigenvalue weighted by Crippen LogP contribution is -2.41. The molecule has 1 aliphatic rings. The molecule has 0 aliphatic carbocycles. The smallest absolute Gasteiger partial charge is 0.224 e. The Kier molecular flexibility index (Phi) is 4.37. The fourth-order valence-corrected chi connectivity index (χ4v) is 2.57. The maximum Gasteiger partial charge on any atom is 0.224 e. The number of nitrogens with two attached hydrogens (primary N) is 1. The van der Waals surface area contributed by atoms with Crippen LogP contribution in [0.15, 0.2) is 18.2 Å². The fraction of sp³-hybridized carbons (Fsp3) is 0.500. The van der Waals surface area contributed by atoms with Crippen molar-refractivity contribution in [2.24, 2.45) is 5.92 Å². The van der Waals surface area contributed by atoms with Crippen LogP contribution in [0.2, 0.25) is 0 Å². The summed E-state index contributed by atoms with van der Waals surface area (Å²) in [5, 5.41) is 2.70. The number of nitrogens with zero attached hydrogens (tertiary/aromatic N) is 1. The maximum atomic E-state index is 13.0. The highest BCUT2D eigenvalue weighted by Gasteiger charge is 2.25. The van der Waals surface area contributed by atoms with Gasteiger partial charge in [0.25, 0.3) is 0 Å². The Morgan fingerprint density at radius 1 is 1.58 bits per heavy atom. The van der Waals surface area contributed by atoms with Crippen molar-refractivity contribution in [1.82, 2.24) is 10.2 Å². The molecule has 0 saturated carbocycles. The number of carbonyl (C=O) groups excluding carboxylic acids is 1. The summed E-state index contributed by atoms with van der Waals surface area (Å²) in [6.07, 6.45) is 1.92. The first-order chi connectivity index (χ1) is 9.10. The summed E-state index contributed by atoms with van der Waals surface area (Å²) < 4.78 is 13.0. The van der Waals surface area contributed by atoms with Crippen LogP contribution in [0.25, 0.3) is 0 Å². The van der Waals surface area contributed by atoms with Crippen LogP contribution in [0.5, 0.6) is 0 Å². The molecule has 0 radical (unpaired) electrons. The molecular formula is C14H20FN3O. The standard InChI is InChI=1S/C14H20FN3O/c1-17-14(19)11-3-2-6-18(9-11)8-10-4-5-12(15)7-13(10)16/h4-5,7,11H,2-3,6,8-9,16H2,1H3,(H,17,19). The van der Waals surface area contributed by atoms with Gasteiger partial charge in [-0.1, -0.05) is 6.07 Å². The summed E-state index contributed by atoms with van der Waals surface area (Å²) in [6, 6.07) is 4.48. The summed E-state index contributed by atoms with van der Waals surface area (Å²) in [4.78, 5) is 13.9. The highest BCUT2D eigenvalue weighted by atomic mass is 19.1. The Morgan fingerprint density at radius 3 is 3.05 bits per heavy atom. The zero-order valence-electron chi connectivity index (χ0n) is 11.2. The van der Waals surface area contributed by atoms with Crippen LogP contribution >= 0.6 is 0 Å². The number of anilines is 1. The zero-order valence-corrected chi connectivity index (χ0v) is 11.2. The Bertz CT molecular complexity index is 464. The number of nitrogens with one attached hydrogen (secondary N) is 1. The number of piperidine rings is 1. The molecule has 1 saturated heterocycles. The van der Waals surface area contributed by atoms with Crippen LogP contribution < -0.4 is 11.1 Å². The molecule has 0 bridgehead atoms. The van der Waals surface area contributed by atoms with Crippen molar-refractivity contribution in [2.45, 2.75) is 19.4 Å². The first kappa shape index (κ1) is 13.8. The molecule has 0 spiro atoms. The predicted octanol–water partition coefficient (Wildman–Crippen LogP) is 1.37. The molecule has 1 aliphatic heterocycles. The highest BCUT2D eigenvalue weighted by molar-refractivity contribution is 5.78. The number of amides is 1. The first-order valence-electron chi connectivity index (χ1n) is 6.58. The van der Waals surface area contributed by atoms with E-state index in [9.17, 15) is 9.18 Å². The quantitative estimate of drug-likeness (QED) is 0.811. The normalized spacial score (nSPS) is 20.2. The molecule has 1 aromatic carbocycles. The van der Waals surface area contributed by atoms with Crippen molar-refractivity contribution in [3.63, 3.8) is 0 Å². The van der Waals surface area contributed by atoms with Crippen molar-refractivity contribution in [2.75, 3.05) is 25.9 Å². The summed E-state index contributed by atoms with van der Waals surface area (Å²) >= 11 is 0. The van der Waals surface area contributed by atoms with E-state index >= 15 is 0 Å². The van der Waals surface area contributed by atoms with Gasteiger partial charge in [-0.25, -0.2) is 4.39 Å². The van der Waals surface area contributed by atoms with E-state index in [0.717, 1.165) is 31.5 Å².